The van der Waals surface area contributed by atoms with Gasteiger partial charge < -0.3 is 16.0 Å². The number of rotatable bonds is 4. The molecule has 0 aromatic heterocycles. The molecule has 0 radical (unpaired) electrons. The summed E-state index contributed by atoms with van der Waals surface area (Å²) in [4.78, 5) is 13.9. The molecule has 4 heteroatoms. The topological polar surface area (TPSA) is 58.4 Å². The predicted molar refractivity (Wildman–Crippen MR) is 78.0 cm³/mol. The number of nitrogens with one attached hydrogen (secondary N) is 1. The molecule has 0 saturated carbocycles. The van der Waals surface area contributed by atoms with E-state index >= 15 is 0 Å². The monoisotopic (exact) mass is 261 g/mol. The number of anilines is 1. The minimum absolute atomic E-state index is 0.220. The van der Waals surface area contributed by atoms with Gasteiger partial charge in [0.05, 0.1) is 6.54 Å². The Kier molecular flexibility index (Phi) is 4.80. The number of nitrogen functional groups attached to an aromatic ring is 1. The van der Waals surface area contributed by atoms with E-state index in [1.165, 1.54) is 5.56 Å². The average molecular weight is 261 g/mol. The highest BCUT2D eigenvalue weighted by atomic mass is 16.2. The van der Waals surface area contributed by atoms with E-state index in [1.54, 1.807) is 0 Å². The third-order valence-corrected chi connectivity index (χ3v) is 3.78. The standard InChI is InChI=1S/C15H23N3O/c1-2-17-11-15(19)18-9-7-13(8-10-18)12-3-5-14(16)6-4-12/h3-6,13,17H,2,7-11,16H2,1H3. The van der Waals surface area contributed by atoms with Gasteiger partial charge in [0.15, 0.2) is 0 Å². The molecule has 3 N–H and O–H groups in total. The Morgan fingerprint density at radius 1 is 1.32 bits per heavy atom. The number of piperidine rings is 1. The second-order valence-electron chi connectivity index (χ2n) is 5.10. The maximum absolute atomic E-state index is 11.9. The highest BCUT2D eigenvalue weighted by molar-refractivity contribution is 5.78. The van der Waals surface area contributed by atoms with Crippen LogP contribution in [0.4, 0.5) is 5.69 Å². The maximum Gasteiger partial charge on any atom is 0.236 e. The predicted octanol–water partition coefficient (Wildman–Crippen LogP) is 1.58. The molecule has 1 aromatic rings. The zero-order valence-electron chi connectivity index (χ0n) is 11.6. The van der Waals surface area contributed by atoms with Crippen molar-refractivity contribution in [1.82, 2.24) is 10.2 Å². The number of nitrogens with two attached hydrogens (primary N) is 1. The fourth-order valence-electron chi connectivity index (χ4n) is 2.57. The fourth-order valence-corrected chi connectivity index (χ4v) is 2.57. The number of carbonyl (C=O) groups is 1. The molecular weight excluding hydrogens is 238 g/mol. The lowest BCUT2D eigenvalue weighted by Gasteiger charge is -2.32. The Labute approximate surface area is 115 Å². The second-order valence-corrected chi connectivity index (χ2v) is 5.10. The van der Waals surface area contributed by atoms with Crippen LogP contribution in [0.3, 0.4) is 0 Å². The van der Waals surface area contributed by atoms with Crippen LogP contribution in [-0.2, 0) is 4.79 Å². The van der Waals surface area contributed by atoms with Crippen LogP contribution in [-0.4, -0.2) is 37.0 Å². The number of benzene rings is 1. The van der Waals surface area contributed by atoms with Gasteiger partial charge in [0.25, 0.3) is 0 Å². The number of carbonyl (C=O) groups excluding carboxylic acids is 1. The molecule has 1 aromatic carbocycles. The highest BCUT2D eigenvalue weighted by Gasteiger charge is 2.23. The lowest BCUT2D eigenvalue weighted by molar-refractivity contribution is -0.131. The Morgan fingerprint density at radius 3 is 2.53 bits per heavy atom. The summed E-state index contributed by atoms with van der Waals surface area (Å²) in [7, 11) is 0. The molecule has 1 aliphatic rings. The van der Waals surface area contributed by atoms with Crippen molar-refractivity contribution in [3.8, 4) is 0 Å². The van der Waals surface area contributed by atoms with Crippen molar-refractivity contribution in [3.05, 3.63) is 29.8 Å². The van der Waals surface area contributed by atoms with Gasteiger partial charge in [-0.1, -0.05) is 19.1 Å². The van der Waals surface area contributed by atoms with Crippen LogP contribution in [0.25, 0.3) is 0 Å². The minimum atomic E-state index is 0.220. The van der Waals surface area contributed by atoms with Gasteiger partial charge >= 0.3 is 0 Å². The number of likely N-dealkylation sites (tertiary alicyclic amines) is 1. The molecule has 0 bridgehead atoms. The molecule has 0 unspecified atom stereocenters. The smallest absolute Gasteiger partial charge is 0.236 e. The first-order valence-electron chi connectivity index (χ1n) is 7.04. The number of nitrogens with zero attached hydrogens (tertiary/aromatic N) is 1. The summed E-state index contributed by atoms with van der Waals surface area (Å²) in [5.41, 5.74) is 7.85. The number of amides is 1. The lowest BCUT2D eigenvalue weighted by Crippen LogP contribution is -2.42. The number of hydrogen-bond donors (Lipinski definition) is 2. The van der Waals surface area contributed by atoms with Crippen LogP contribution in [0.2, 0.25) is 0 Å². The maximum atomic E-state index is 11.9. The first-order valence-corrected chi connectivity index (χ1v) is 7.04. The van der Waals surface area contributed by atoms with Crippen LogP contribution in [0.5, 0.6) is 0 Å². The van der Waals surface area contributed by atoms with E-state index in [9.17, 15) is 4.79 Å². The van der Waals surface area contributed by atoms with Gasteiger partial charge in [0.2, 0.25) is 5.91 Å². The van der Waals surface area contributed by atoms with Crippen molar-refractivity contribution in [3.63, 3.8) is 0 Å². The summed E-state index contributed by atoms with van der Waals surface area (Å²) in [5.74, 6) is 0.779. The second kappa shape index (κ2) is 6.57. The van der Waals surface area contributed by atoms with Gasteiger partial charge in [0.1, 0.15) is 0 Å². The van der Waals surface area contributed by atoms with Gasteiger partial charge in [-0.3, -0.25) is 4.79 Å². The molecule has 0 spiro atoms. The third kappa shape index (κ3) is 3.70. The molecule has 2 rings (SSSR count). The van der Waals surface area contributed by atoms with Crippen molar-refractivity contribution in [2.24, 2.45) is 0 Å². The van der Waals surface area contributed by atoms with Crippen LogP contribution in [0.15, 0.2) is 24.3 Å². The van der Waals surface area contributed by atoms with Crippen molar-refractivity contribution in [2.45, 2.75) is 25.7 Å². The van der Waals surface area contributed by atoms with E-state index < -0.39 is 0 Å². The van der Waals surface area contributed by atoms with E-state index in [4.69, 9.17) is 5.73 Å². The zero-order valence-corrected chi connectivity index (χ0v) is 11.6. The molecule has 19 heavy (non-hydrogen) atoms. The molecule has 0 aliphatic carbocycles. The first-order chi connectivity index (χ1) is 9.20. The fraction of sp³-hybridized carbons (Fsp3) is 0.533. The largest absolute Gasteiger partial charge is 0.399 e. The van der Waals surface area contributed by atoms with Crippen LogP contribution >= 0.6 is 0 Å². The summed E-state index contributed by atoms with van der Waals surface area (Å²) in [6, 6.07) is 8.13. The van der Waals surface area contributed by atoms with Gasteiger partial charge in [-0.25, -0.2) is 0 Å². The van der Waals surface area contributed by atoms with Crippen LogP contribution < -0.4 is 11.1 Å². The summed E-state index contributed by atoms with van der Waals surface area (Å²) in [6.45, 7) is 5.04. The van der Waals surface area contributed by atoms with Crippen molar-refractivity contribution in [2.75, 3.05) is 31.9 Å². The van der Waals surface area contributed by atoms with Crippen molar-refractivity contribution < 1.29 is 4.79 Å². The SMILES string of the molecule is CCNCC(=O)N1CCC(c2ccc(N)cc2)CC1. The Balaban J connectivity index is 1.85. The third-order valence-electron chi connectivity index (χ3n) is 3.78. The van der Waals surface area contributed by atoms with Crippen LogP contribution in [0, 0.1) is 0 Å². The first kappa shape index (κ1) is 13.9. The molecule has 1 fully saturated rings. The molecule has 4 nitrogen and oxygen atoms in total. The van der Waals surface area contributed by atoms with E-state index in [1.807, 2.05) is 24.0 Å². The zero-order chi connectivity index (χ0) is 13.7. The van der Waals surface area contributed by atoms with E-state index in [0.717, 1.165) is 38.2 Å². The molecule has 1 amide bonds. The number of likely N-dealkylation sites (N-methyl/N-ethyl adjacent to an activating group) is 1. The van der Waals surface area contributed by atoms with E-state index in [-0.39, 0.29) is 5.91 Å². The van der Waals surface area contributed by atoms with Gasteiger partial charge in [0, 0.05) is 18.8 Å². The van der Waals surface area contributed by atoms with Crippen molar-refractivity contribution >= 4 is 11.6 Å². The van der Waals surface area contributed by atoms with Crippen molar-refractivity contribution in [1.29, 1.82) is 0 Å². The highest BCUT2D eigenvalue weighted by Crippen LogP contribution is 2.28. The quantitative estimate of drug-likeness (QED) is 0.809. The lowest BCUT2D eigenvalue weighted by atomic mass is 9.89. The molecule has 0 atom stereocenters. The Bertz CT molecular complexity index is 408. The van der Waals surface area contributed by atoms with Gasteiger partial charge in [-0.15, -0.1) is 0 Å². The Morgan fingerprint density at radius 2 is 1.95 bits per heavy atom. The molecule has 1 heterocycles. The molecular formula is C15H23N3O. The van der Waals surface area contributed by atoms with Gasteiger partial charge in [-0.05, 0) is 43.0 Å². The molecule has 1 saturated heterocycles. The summed E-state index contributed by atoms with van der Waals surface area (Å²) >= 11 is 0. The summed E-state index contributed by atoms with van der Waals surface area (Å²) in [6.07, 6.45) is 2.09. The molecule has 1 aliphatic heterocycles. The minimum Gasteiger partial charge on any atom is -0.399 e. The Hall–Kier alpha value is -1.55. The summed E-state index contributed by atoms with van der Waals surface area (Å²) in [5, 5.41) is 3.09. The van der Waals surface area contributed by atoms with E-state index in [0.29, 0.717) is 12.5 Å². The summed E-state index contributed by atoms with van der Waals surface area (Å²) < 4.78 is 0. The normalized spacial score (nSPS) is 16.6. The number of hydrogen-bond acceptors (Lipinski definition) is 3. The average Bonchev–Trinajstić information content (AvgIpc) is 2.46. The molecule has 104 valence electrons. The van der Waals surface area contributed by atoms with Gasteiger partial charge in [-0.2, -0.15) is 0 Å². The van der Waals surface area contributed by atoms with Crippen LogP contribution in [0.1, 0.15) is 31.2 Å². The van der Waals surface area contributed by atoms with E-state index in [2.05, 4.69) is 17.4 Å².